The Morgan fingerprint density at radius 2 is 2.08 bits per heavy atom. The van der Waals surface area contributed by atoms with E-state index in [1.807, 2.05) is 19.1 Å². The van der Waals surface area contributed by atoms with Crippen LogP contribution in [0, 0.1) is 0 Å². The van der Waals surface area contributed by atoms with E-state index >= 15 is 0 Å². The molecule has 0 amide bonds. The second kappa shape index (κ2) is 6.65. The van der Waals surface area contributed by atoms with E-state index in [4.69, 9.17) is 5.11 Å². The third-order valence-electron chi connectivity index (χ3n) is 1.54. The van der Waals surface area contributed by atoms with E-state index in [9.17, 15) is 4.79 Å². The average Bonchev–Trinajstić information content (AvgIpc) is 2.04. The predicted octanol–water partition coefficient (Wildman–Crippen LogP) is 2.76. The molecule has 0 rings (SSSR count). The Labute approximate surface area is 73.6 Å². The van der Waals surface area contributed by atoms with E-state index in [1.165, 1.54) is 0 Å². The number of hydrogen-bond donors (Lipinski definition) is 1. The van der Waals surface area contributed by atoms with Gasteiger partial charge in [0, 0.05) is 5.57 Å². The van der Waals surface area contributed by atoms with Crippen molar-refractivity contribution in [2.24, 2.45) is 0 Å². The molecule has 2 heteroatoms. The van der Waals surface area contributed by atoms with Crippen LogP contribution in [-0.2, 0) is 4.79 Å². The van der Waals surface area contributed by atoms with Crippen molar-refractivity contribution in [1.29, 1.82) is 0 Å². The normalized spacial score (nSPS) is 12.3. The number of unbranched alkanes of at least 4 members (excludes halogenated alkanes) is 1. The molecule has 0 aromatic carbocycles. The molecular weight excluding hydrogens is 152 g/mol. The van der Waals surface area contributed by atoms with Crippen molar-refractivity contribution in [1.82, 2.24) is 0 Å². The molecule has 1 N–H and O–H groups in total. The van der Waals surface area contributed by atoms with E-state index in [0.29, 0.717) is 12.0 Å². The van der Waals surface area contributed by atoms with Crippen LogP contribution in [0.4, 0.5) is 0 Å². The molecule has 0 aromatic heterocycles. The summed E-state index contributed by atoms with van der Waals surface area (Å²) in [5, 5.41) is 8.63. The van der Waals surface area contributed by atoms with Crippen LogP contribution in [-0.4, -0.2) is 11.1 Å². The summed E-state index contributed by atoms with van der Waals surface area (Å²) in [7, 11) is 0. The smallest absolute Gasteiger partial charge is 0.331 e. The molecule has 0 radical (unpaired) electrons. The summed E-state index contributed by atoms with van der Waals surface area (Å²) in [5.41, 5.74) is 0.461. The SMILES string of the molecule is CCCC=CC=C(CC)C(=O)O. The zero-order valence-corrected chi connectivity index (χ0v) is 7.71. The number of carbonyl (C=O) groups is 1. The Morgan fingerprint density at radius 3 is 2.50 bits per heavy atom. The molecule has 0 aliphatic rings. The van der Waals surface area contributed by atoms with Gasteiger partial charge < -0.3 is 5.11 Å². The summed E-state index contributed by atoms with van der Waals surface area (Å²) in [4.78, 5) is 10.5. The zero-order chi connectivity index (χ0) is 9.40. The standard InChI is InChI=1S/C10H16O2/c1-3-5-6-7-8-9(4-2)10(11)12/h6-8H,3-5H2,1-2H3,(H,11,12). The third kappa shape index (κ3) is 4.72. The van der Waals surface area contributed by atoms with Crippen molar-refractivity contribution < 1.29 is 9.90 Å². The summed E-state index contributed by atoms with van der Waals surface area (Å²) in [6, 6.07) is 0. The van der Waals surface area contributed by atoms with Crippen LogP contribution in [0.15, 0.2) is 23.8 Å². The Hall–Kier alpha value is -1.05. The van der Waals surface area contributed by atoms with E-state index in [2.05, 4.69) is 6.92 Å². The van der Waals surface area contributed by atoms with E-state index in [-0.39, 0.29) is 0 Å². The average molecular weight is 168 g/mol. The number of hydrogen-bond acceptors (Lipinski definition) is 1. The van der Waals surface area contributed by atoms with Crippen LogP contribution in [0.1, 0.15) is 33.1 Å². The molecule has 0 unspecified atom stereocenters. The Kier molecular flexibility index (Phi) is 6.07. The quantitative estimate of drug-likeness (QED) is 0.506. The maximum atomic E-state index is 10.5. The fourth-order valence-corrected chi connectivity index (χ4v) is 0.787. The first-order valence-electron chi connectivity index (χ1n) is 4.31. The molecule has 12 heavy (non-hydrogen) atoms. The molecule has 0 atom stereocenters. The van der Waals surface area contributed by atoms with Gasteiger partial charge in [0.05, 0.1) is 0 Å². The number of rotatable bonds is 5. The Balaban J connectivity index is 4.02. The topological polar surface area (TPSA) is 37.3 Å². The minimum atomic E-state index is -0.821. The van der Waals surface area contributed by atoms with E-state index in [1.54, 1.807) is 6.08 Å². The van der Waals surface area contributed by atoms with Gasteiger partial charge in [0.15, 0.2) is 0 Å². The molecule has 0 heterocycles. The van der Waals surface area contributed by atoms with Crippen molar-refractivity contribution in [2.45, 2.75) is 33.1 Å². The van der Waals surface area contributed by atoms with Crippen LogP contribution in [0.5, 0.6) is 0 Å². The van der Waals surface area contributed by atoms with E-state index in [0.717, 1.165) is 12.8 Å². The van der Waals surface area contributed by atoms with E-state index < -0.39 is 5.97 Å². The van der Waals surface area contributed by atoms with Crippen LogP contribution >= 0.6 is 0 Å². The molecule has 0 saturated carbocycles. The van der Waals surface area contributed by atoms with Gasteiger partial charge in [0.25, 0.3) is 0 Å². The maximum absolute atomic E-state index is 10.5. The van der Waals surface area contributed by atoms with Crippen LogP contribution in [0.2, 0.25) is 0 Å². The van der Waals surface area contributed by atoms with Gasteiger partial charge in [-0.15, -0.1) is 0 Å². The van der Waals surface area contributed by atoms with Crippen molar-refractivity contribution in [2.75, 3.05) is 0 Å². The maximum Gasteiger partial charge on any atom is 0.331 e. The van der Waals surface area contributed by atoms with Gasteiger partial charge in [-0.05, 0) is 12.8 Å². The first kappa shape index (κ1) is 11.0. The largest absolute Gasteiger partial charge is 0.478 e. The third-order valence-corrected chi connectivity index (χ3v) is 1.54. The molecular formula is C10H16O2. The van der Waals surface area contributed by atoms with Crippen LogP contribution in [0.25, 0.3) is 0 Å². The molecule has 2 nitrogen and oxygen atoms in total. The lowest BCUT2D eigenvalue weighted by Crippen LogP contribution is -1.97. The minimum absolute atomic E-state index is 0.461. The van der Waals surface area contributed by atoms with Gasteiger partial charge >= 0.3 is 5.97 Å². The molecule has 0 aliphatic carbocycles. The fraction of sp³-hybridized carbons (Fsp3) is 0.500. The van der Waals surface area contributed by atoms with Gasteiger partial charge in [-0.25, -0.2) is 4.79 Å². The van der Waals surface area contributed by atoms with Gasteiger partial charge in [-0.2, -0.15) is 0 Å². The highest BCUT2D eigenvalue weighted by molar-refractivity contribution is 5.86. The Bertz CT molecular complexity index is 190. The van der Waals surface area contributed by atoms with Gasteiger partial charge in [0.2, 0.25) is 0 Å². The predicted molar refractivity (Wildman–Crippen MR) is 50.1 cm³/mol. The number of carboxylic acid groups (broad SMARTS) is 1. The van der Waals surface area contributed by atoms with Gasteiger partial charge in [-0.1, -0.05) is 38.5 Å². The highest BCUT2D eigenvalue weighted by atomic mass is 16.4. The first-order valence-corrected chi connectivity index (χ1v) is 4.31. The lowest BCUT2D eigenvalue weighted by Gasteiger charge is -1.92. The first-order chi connectivity index (χ1) is 5.72. The lowest BCUT2D eigenvalue weighted by molar-refractivity contribution is -0.132. The summed E-state index contributed by atoms with van der Waals surface area (Å²) in [5.74, 6) is -0.821. The highest BCUT2D eigenvalue weighted by Gasteiger charge is 2.00. The summed E-state index contributed by atoms with van der Waals surface area (Å²) in [6.45, 7) is 3.93. The number of carboxylic acids is 1. The van der Waals surface area contributed by atoms with Gasteiger partial charge in [0.1, 0.15) is 0 Å². The molecule has 0 saturated heterocycles. The van der Waals surface area contributed by atoms with Crippen molar-refractivity contribution in [3.8, 4) is 0 Å². The highest BCUT2D eigenvalue weighted by Crippen LogP contribution is 2.01. The molecule has 0 aromatic rings. The summed E-state index contributed by atoms with van der Waals surface area (Å²) < 4.78 is 0. The van der Waals surface area contributed by atoms with Crippen molar-refractivity contribution in [3.63, 3.8) is 0 Å². The molecule has 0 spiro atoms. The number of aliphatic carboxylic acids is 1. The summed E-state index contributed by atoms with van der Waals surface area (Å²) in [6.07, 6.45) is 8.14. The zero-order valence-electron chi connectivity index (χ0n) is 7.71. The second-order valence-electron chi connectivity index (χ2n) is 2.57. The second-order valence-corrected chi connectivity index (χ2v) is 2.57. The van der Waals surface area contributed by atoms with Crippen molar-refractivity contribution in [3.05, 3.63) is 23.8 Å². The molecule has 0 fully saturated rings. The molecule has 0 aliphatic heterocycles. The fourth-order valence-electron chi connectivity index (χ4n) is 0.787. The van der Waals surface area contributed by atoms with Crippen molar-refractivity contribution >= 4 is 5.97 Å². The lowest BCUT2D eigenvalue weighted by atomic mass is 10.2. The summed E-state index contributed by atoms with van der Waals surface area (Å²) >= 11 is 0. The Morgan fingerprint density at radius 1 is 1.42 bits per heavy atom. The minimum Gasteiger partial charge on any atom is -0.478 e. The monoisotopic (exact) mass is 168 g/mol. The number of allylic oxidation sites excluding steroid dienone is 3. The van der Waals surface area contributed by atoms with Crippen LogP contribution in [0.3, 0.4) is 0 Å². The van der Waals surface area contributed by atoms with Crippen LogP contribution < -0.4 is 0 Å². The molecule has 0 bridgehead atoms. The van der Waals surface area contributed by atoms with Gasteiger partial charge in [-0.3, -0.25) is 0 Å². The molecule has 68 valence electrons.